The Morgan fingerprint density at radius 2 is 1.70 bits per heavy atom. The first kappa shape index (κ1) is 19.9. The highest BCUT2D eigenvalue weighted by Crippen LogP contribution is 2.38. The van der Waals surface area contributed by atoms with Gasteiger partial charge in [-0.15, -0.1) is 0 Å². The van der Waals surface area contributed by atoms with Crippen molar-refractivity contribution < 1.29 is 9.53 Å². The molecule has 3 heteroatoms. The zero-order valence-corrected chi connectivity index (χ0v) is 16.9. The van der Waals surface area contributed by atoms with Crippen molar-refractivity contribution in [1.29, 1.82) is 0 Å². The SMILES string of the molecule is CCCCCC1CCC(c2ccc(OC(=O)c3ccccc3Cl)cc2)CC1. The van der Waals surface area contributed by atoms with Gasteiger partial charge in [0.1, 0.15) is 5.75 Å². The predicted octanol–water partition coefficient (Wildman–Crippen LogP) is 7.41. The van der Waals surface area contributed by atoms with Crippen molar-refractivity contribution in [2.75, 3.05) is 0 Å². The highest BCUT2D eigenvalue weighted by Gasteiger charge is 2.22. The van der Waals surface area contributed by atoms with E-state index in [2.05, 4.69) is 19.1 Å². The van der Waals surface area contributed by atoms with E-state index < -0.39 is 5.97 Å². The average Bonchev–Trinajstić information content (AvgIpc) is 2.70. The molecule has 1 aliphatic carbocycles. The number of halogens is 1. The summed E-state index contributed by atoms with van der Waals surface area (Å²) in [5.74, 6) is 1.71. The van der Waals surface area contributed by atoms with Crippen LogP contribution < -0.4 is 4.74 Å². The fourth-order valence-corrected chi connectivity index (χ4v) is 4.28. The summed E-state index contributed by atoms with van der Waals surface area (Å²) in [6, 6.07) is 15.0. The lowest BCUT2D eigenvalue weighted by Crippen LogP contribution is -2.13. The van der Waals surface area contributed by atoms with Gasteiger partial charge < -0.3 is 4.74 Å². The Morgan fingerprint density at radius 1 is 1.00 bits per heavy atom. The first-order valence-electron chi connectivity index (χ1n) is 10.2. The largest absolute Gasteiger partial charge is 0.423 e. The molecular formula is C24H29ClO2. The number of unbranched alkanes of at least 4 members (excludes halogenated alkanes) is 2. The van der Waals surface area contributed by atoms with Gasteiger partial charge in [-0.25, -0.2) is 4.79 Å². The summed E-state index contributed by atoms with van der Waals surface area (Å²) in [5, 5.41) is 0.412. The van der Waals surface area contributed by atoms with Crippen LogP contribution in [0.5, 0.6) is 5.75 Å². The maximum Gasteiger partial charge on any atom is 0.345 e. The van der Waals surface area contributed by atoms with Gasteiger partial charge in [-0.1, -0.05) is 68.5 Å². The lowest BCUT2D eigenvalue weighted by Gasteiger charge is -2.29. The quantitative estimate of drug-likeness (QED) is 0.282. The molecule has 2 nitrogen and oxygen atoms in total. The second-order valence-corrected chi connectivity index (χ2v) is 8.06. The zero-order chi connectivity index (χ0) is 19.1. The molecule has 0 aromatic heterocycles. The van der Waals surface area contributed by atoms with Crippen molar-refractivity contribution in [2.24, 2.45) is 5.92 Å². The van der Waals surface area contributed by atoms with Crippen LogP contribution >= 0.6 is 11.6 Å². The molecule has 1 saturated carbocycles. The molecule has 3 rings (SSSR count). The van der Waals surface area contributed by atoms with Crippen LogP contribution in [0.2, 0.25) is 5.02 Å². The molecule has 0 bridgehead atoms. The molecule has 0 atom stereocenters. The van der Waals surface area contributed by atoms with E-state index in [9.17, 15) is 4.79 Å². The molecule has 0 heterocycles. The molecule has 1 aliphatic rings. The van der Waals surface area contributed by atoms with Crippen LogP contribution in [0.15, 0.2) is 48.5 Å². The van der Waals surface area contributed by atoms with Gasteiger partial charge >= 0.3 is 5.97 Å². The molecule has 0 spiro atoms. The predicted molar refractivity (Wildman–Crippen MR) is 112 cm³/mol. The summed E-state index contributed by atoms with van der Waals surface area (Å²) in [6.07, 6.45) is 10.7. The molecule has 1 fully saturated rings. The lowest BCUT2D eigenvalue weighted by molar-refractivity contribution is 0.0735. The summed E-state index contributed by atoms with van der Waals surface area (Å²) in [5.41, 5.74) is 1.75. The Balaban J connectivity index is 1.52. The average molecular weight is 385 g/mol. The van der Waals surface area contributed by atoms with Gasteiger partial charge in [0.05, 0.1) is 10.6 Å². The Kier molecular flexibility index (Phi) is 7.34. The number of esters is 1. The molecule has 2 aromatic carbocycles. The maximum atomic E-state index is 12.3. The monoisotopic (exact) mass is 384 g/mol. The third-order valence-electron chi connectivity index (χ3n) is 5.72. The second-order valence-electron chi connectivity index (χ2n) is 7.65. The molecular weight excluding hydrogens is 356 g/mol. The Bertz CT molecular complexity index is 730. The number of ether oxygens (including phenoxy) is 1. The van der Waals surface area contributed by atoms with E-state index in [1.54, 1.807) is 24.3 Å². The lowest BCUT2D eigenvalue weighted by atomic mass is 9.77. The number of carbonyl (C=O) groups is 1. The van der Waals surface area contributed by atoms with Crippen LogP contribution in [0, 0.1) is 5.92 Å². The normalized spacial score (nSPS) is 19.6. The van der Waals surface area contributed by atoms with Gasteiger partial charge in [0, 0.05) is 0 Å². The van der Waals surface area contributed by atoms with Gasteiger partial charge in [0.2, 0.25) is 0 Å². The molecule has 0 unspecified atom stereocenters. The number of carbonyl (C=O) groups excluding carboxylic acids is 1. The van der Waals surface area contributed by atoms with Gasteiger partial charge in [-0.05, 0) is 67.3 Å². The van der Waals surface area contributed by atoms with Crippen molar-refractivity contribution in [3.05, 3.63) is 64.7 Å². The fraction of sp³-hybridized carbons (Fsp3) is 0.458. The summed E-state index contributed by atoms with van der Waals surface area (Å²) in [6.45, 7) is 2.27. The van der Waals surface area contributed by atoms with E-state index in [1.165, 1.54) is 56.9 Å². The van der Waals surface area contributed by atoms with E-state index >= 15 is 0 Å². The van der Waals surface area contributed by atoms with Crippen LogP contribution in [0.25, 0.3) is 0 Å². The van der Waals surface area contributed by atoms with Crippen molar-refractivity contribution in [3.8, 4) is 5.75 Å². The topological polar surface area (TPSA) is 26.3 Å². The first-order valence-corrected chi connectivity index (χ1v) is 10.6. The number of hydrogen-bond donors (Lipinski definition) is 0. The molecule has 0 saturated heterocycles. The highest BCUT2D eigenvalue weighted by molar-refractivity contribution is 6.33. The fourth-order valence-electron chi connectivity index (χ4n) is 4.06. The van der Waals surface area contributed by atoms with Crippen molar-refractivity contribution >= 4 is 17.6 Å². The van der Waals surface area contributed by atoms with Crippen LogP contribution in [0.4, 0.5) is 0 Å². The van der Waals surface area contributed by atoms with E-state index in [0.29, 0.717) is 22.3 Å². The molecule has 27 heavy (non-hydrogen) atoms. The minimum absolute atomic E-state index is 0.393. The molecule has 0 aliphatic heterocycles. The smallest absolute Gasteiger partial charge is 0.345 e. The highest BCUT2D eigenvalue weighted by atomic mass is 35.5. The van der Waals surface area contributed by atoms with Crippen LogP contribution in [-0.2, 0) is 0 Å². The van der Waals surface area contributed by atoms with E-state index in [-0.39, 0.29) is 0 Å². The summed E-state index contributed by atoms with van der Waals surface area (Å²) in [7, 11) is 0. The third kappa shape index (κ3) is 5.59. The Hall–Kier alpha value is -1.80. The van der Waals surface area contributed by atoms with E-state index in [4.69, 9.17) is 16.3 Å². The summed E-state index contributed by atoms with van der Waals surface area (Å²) >= 11 is 6.06. The molecule has 0 N–H and O–H groups in total. The number of hydrogen-bond acceptors (Lipinski definition) is 2. The Morgan fingerprint density at radius 3 is 2.37 bits per heavy atom. The Labute approximate surface area is 167 Å². The second kappa shape index (κ2) is 9.94. The van der Waals surface area contributed by atoms with Gasteiger partial charge in [0.15, 0.2) is 0 Å². The van der Waals surface area contributed by atoms with Crippen LogP contribution in [0.1, 0.15) is 80.1 Å². The standard InChI is InChI=1S/C24H29ClO2/c1-2-3-4-7-18-10-12-19(13-11-18)20-14-16-21(17-15-20)27-24(26)22-8-5-6-9-23(22)25/h5-6,8-9,14-19H,2-4,7,10-13H2,1H3. The van der Waals surface area contributed by atoms with E-state index in [0.717, 1.165) is 5.92 Å². The molecule has 144 valence electrons. The van der Waals surface area contributed by atoms with Crippen molar-refractivity contribution in [3.63, 3.8) is 0 Å². The molecule has 0 radical (unpaired) electrons. The minimum Gasteiger partial charge on any atom is -0.423 e. The summed E-state index contributed by atoms with van der Waals surface area (Å²) in [4.78, 5) is 12.3. The molecule has 0 amide bonds. The third-order valence-corrected chi connectivity index (χ3v) is 6.05. The summed E-state index contributed by atoms with van der Waals surface area (Å²) < 4.78 is 5.47. The zero-order valence-electron chi connectivity index (χ0n) is 16.1. The number of rotatable bonds is 7. The maximum absolute atomic E-state index is 12.3. The molecule has 2 aromatic rings. The van der Waals surface area contributed by atoms with Gasteiger partial charge in [-0.2, -0.15) is 0 Å². The minimum atomic E-state index is -0.416. The van der Waals surface area contributed by atoms with Crippen LogP contribution in [-0.4, -0.2) is 5.97 Å². The van der Waals surface area contributed by atoms with Crippen LogP contribution in [0.3, 0.4) is 0 Å². The van der Waals surface area contributed by atoms with Gasteiger partial charge in [0.25, 0.3) is 0 Å². The van der Waals surface area contributed by atoms with Gasteiger partial charge in [-0.3, -0.25) is 0 Å². The number of benzene rings is 2. The van der Waals surface area contributed by atoms with E-state index in [1.807, 2.05) is 12.1 Å². The first-order chi connectivity index (χ1) is 13.2. The van der Waals surface area contributed by atoms with Crippen molar-refractivity contribution in [2.45, 2.75) is 64.2 Å². The van der Waals surface area contributed by atoms with Crippen molar-refractivity contribution in [1.82, 2.24) is 0 Å².